The highest BCUT2D eigenvalue weighted by Gasteiger charge is 2.44. The van der Waals surface area contributed by atoms with E-state index >= 15 is 0 Å². The fraction of sp³-hybridized carbons (Fsp3) is 0.556. The van der Waals surface area contributed by atoms with Crippen molar-refractivity contribution in [3.05, 3.63) is 29.8 Å². The second-order valence-electron chi connectivity index (χ2n) is 7.33. The first-order chi connectivity index (χ1) is 10.9. The van der Waals surface area contributed by atoms with E-state index in [1.165, 1.54) is 0 Å². The van der Waals surface area contributed by atoms with Crippen LogP contribution in [0, 0.1) is 5.41 Å². The zero-order valence-corrected chi connectivity index (χ0v) is 14.2. The number of carbonyl (C=O) groups excluding carboxylic acids is 2. The molecule has 0 N–H and O–H groups in total. The normalized spacial score (nSPS) is 22.0. The molecular formula is C18H25N3O2. The Hall–Kier alpha value is -1.72. The van der Waals surface area contributed by atoms with Gasteiger partial charge in [-0.1, -0.05) is 12.1 Å². The van der Waals surface area contributed by atoms with E-state index in [0.29, 0.717) is 18.7 Å². The van der Waals surface area contributed by atoms with Crippen LogP contribution in [0.15, 0.2) is 24.3 Å². The van der Waals surface area contributed by atoms with Crippen molar-refractivity contribution >= 4 is 17.4 Å². The second-order valence-corrected chi connectivity index (χ2v) is 7.33. The quantitative estimate of drug-likeness (QED) is 0.624. The molecule has 23 heavy (non-hydrogen) atoms. The first-order valence-electron chi connectivity index (χ1n) is 8.23. The van der Waals surface area contributed by atoms with Crippen molar-refractivity contribution in [1.82, 2.24) is 9.80 Å². The van der Waals surface area contributed by atoms with E-state index in [2.05, 4.69) is 16.8 Å². The highest BCUT2D eigenvalue weighted by Crippen LogP contribution is 2.35. The lowest BCUT2D eigenvalue weighted by Crippen LogP contribution is -2.58. The Labute approximate surface area is 137 Å². The van der Waals surface area contributed by atoms with Gasteiger partial charge in [-0.25, -0.2) is 0 Å². The molecule has 2 aliphatic rings. The van der Waals surface area contributed by atoms with Crippen molar-refractivity contribution < 1.29 is 9.59 Å². The van der Waals surface area contributed by atoms with Crippen molar-refractivity contribution in [2.45, 2.75) is 13.8 Å². The largest absolute Gasteiger partial charge is 0.311 e. The first-order valence-corrected chi connectivity index (χ1v) is 8.23. The molecule has 124 valence electrons. The number of piperazine rings is 1. The van der Waals surface area contributed by atoms with Gasteiger partial charge in [-0.15, -0.1) is 0 Å². The molecule has 1 amide bonds. The number of likely N-dealkylation sites (N-methyl/N-ethyl adjacent to an activating group) is 1. The van der Waals surface area contributed by atoms with Crippen LogP contribution in [0.1, 0.15) is 24.2 Å². The maximum atomic E-state index is 12.5. The number of benzene rings is 1. The third kappa shape index (κ3) is 3.31. The number of carbonyl (C=O) groups is 2. The van der Waals surface area contributed by atoms with E-state index in [1.54, 1.807) is 4.90 Å². The average molecular weight is 315 g/mol. The number of nitrogens with zero attached hydrogens (tertiary/aromatic N) is 3. The Morgan fingerprint density at radius 2 is 1.87 bits per heavy atom. The van der Waals surface area contributed by atoms with Crippen LogP contribution in [0.4, 0.5) is 5.69 Å². The topological polar surface area (TPSA) is 43.9 Å². The number of anilines is 1. The van der Waals surface area contributed by atoms with Gasteiger partial charge in [0, 0.05) is 44.0 Å². The molecule has 2 fully saturated rings. The number of ketones is 1. The van der Waals surface area contributed by atoms with Crippen molar-refractivity contribution in [2.75, 3.05) is 51.2 Å². The summed E-state index contributed by atoms with van der Waals surface area (Å²) in [6.07, 6.45) is 0. The summed E-state index contributed by atoms with van der Waals surface area (Å²) >= 11 is 0. The molecule has 2 aliphatic heterocycles. The molecule has 0 aromatic heterocycles. The number of β-lactam (4-membered cyclic amide) rings is 1. The van der Waals surface area contributed by atoms with Gasteiger partial charge < -0.3 is 9.80 Å². The summed E-state index contributed by atoms with van der Waals surface area (Å²) in [7, 11) is 2.11. The highest BCUT2D eigenvalue weighted by atomic mass is 16.2. The molecule has 0 atom stereocenters. The fourth-order valence-corrected chi connectivity index (χ4v) is 3.16. The molecular weight excluding hydrogens is 290 g/mol. The van der Waals surface area contributed by atoms with E-state index in [0.717, 1.165) is 31.9 Å². The predicted molar refractivity (Wildman–Crippen MR) is 90.8 cm³/mol. The Bertz CT molecular complexity index is 618. The summed E-state index contributed by atoms with van der Waals surface area (Å²) in [5, 5.41) is 0. The third-order valence-electron chi connectivity index (χ3n) is 4.82. The minimum atomic E-state index is -0.278. The molecule has 0 bridgehead atoms. The van der Waals surface area contributed by atoms with Crippen LogP contribution in [0.3, 0.4) is 0 Å². The van der Waals surface area contributed by atoms with Crippen molar-refractivity contribution in [1.29, 1.82) is 0 Å². The van der Waals surface area contributed by atoms with Crippen LogP contribution in [-0.4, -0.2) is 67.8 Å². The second kappa shape index (κ2) is 6.06. The number of rotatable bonds is 4. The monoisotopic (exact) mass is 315 g/mol. The molecule has 2 heterocycles. The van der Waals surface area contributed by atoms with E-state index in [4.69, 9.17) is 0 Å². The van der Waals surface area contributed by atoms with Gasteiger partial charge in [-0.05, 0) is 33.0 Å². The van der Waals surface area contributed by atoms with Crippen molar-refractivity contribution in [3.8, 4) is 0 Å². The summed E-state index contributed by atoms with van der Waals surface area (Å²) in [6, 6.07) is 7.47. The van der Waals surface area contributed by atoms with Crippen molar-refractivity contribution in [2.24, 2.45) is 5.41 Å². The number of hydrogen-bond acceptors (Lipinski definition) is 4. The molecule has 0 aliphatic carbocycles. The third-order valence-corrected chi connectivity index (χ3v) is 4.82. The minimum Gasteiger partial charge on any atom is -0.311 e. The van der Waals surface area contributed by atoms with Crippen LogP contribution in [0.2, 0.25) is 0 Å². The van der Waals surface area contributed by atoms with Crippen LogP contribution < -0.4 is 4.90 Å². The average Bonchev–Trinajstić information content (AvgIpc) is 2.54. The summed E-state index contributed by atoms with van der Waals surface area (Å²) in [6.45, 7) is 8.94. The minimum absolute atomic E-state index is 0.126. The highest BCUT2D eigenvalue weighted by molar-refractivity contribution is 6.05. The maximum absolute atomic E-state index is 12.5. The van der Waals surface area contributed by atoms with Crippen LogP contribution >= 0.6 is 0 Å². The zero-order chi connectivity index (χ0) is 16.6. The Balaban J connectivity index is 1.65. The number of hydrogen-bond donors (Lipinski definition) is 0. The van der Waals surface area contributed by atoms with Crippen LogP contribution in [0.5, 0.6) is 0 Å². The summed E-state index contributed by atoms with van der Waals surface area (Å²) in [4.78, 5) is 30.9. The Kier molecular flexibility index (Phi) is 4.25. The van der Waals surface area contributed by atoms with Gasteiger partial charge in [0.15, 0.2) is 5.78 Å². The molecule has 2 saturated heterocycles. The number of amides is 1. The Morgan fingerprint density at radius 1 is 1.17 bits per heavy atom. The lowest BCUT2D eigenvalue weighted by Gasteiger charge is -2.44. The molecule has 3 rings (SSSR count). The molecule has 1 aromatic rings. The first kappa shape index (κ1) is 16.1. The molecule has 0 spiro atoms. The number of Topliss-reactive ketones (excluding diaryl/α,β-unsaturated/α-hetero) is 1. The standard InChI is InChI=1S/C18H25N3O2/c1-18(2)13-21(17(18)23)15-6-4-5-14(11-15)16(22)12-20-9-7-19(3)8-10-20/h4-6,11H,7-10,12-13H2,1-3H3. The van der Waals surface area contributed by atoms with Gasteiger partial charge in [0.2, 0.25) is 5.91 Å². The van der Waals surface area contributed by atoms with Gasteiger partial charge in [0.05, 0.1) is 12.0 Å². The van der Waals surface area contributed by atoms with Gasteiger partial charge in [-0.3, -0.25) is 14.5 Å². The maximum Gasteiger partial charge on any atom is 0.234 e. The molecule has 0 radical (unpaired) electrons. The van der Waals surface area contributed by atoms with Gasteiger partial charge >= 0.3 is 0 Å². The Morgan fingerprint density at radius 3 is 2.48 bits per heavy atom. The van der Waals surface area contributed by atoms with Gasteiger partial charge in [0.25, 0.3) is 0 Å². The van der Waals surface area contributed by atoms with Crippen LogP contribution in [0.25, 0.3) is 0 Å². The van der Waals surface area contributed by atoms with Gasteiger partial charge in [-0.2, -0.15) is 0 Å². The molecule has 5 nitrogen and oxygen atoms in total. The predicted octanol–water partition coefficient (Wildman–Crippen LogP) is 1.49. The summed E-state index contributed by atoms with van der Waals surface area (Å²) in [5.74, 6) is 0.254. The molecule has 0 saturated carbocycles. The summed E-state index contributed by atoms with van der Waals surface area (Å²) < 4.78 is 0. The van der Waals surface area contributed by atoms with E-state index in [-0.39, 0.29) is 17.1 Å². The summed E-state index contributed by atoms with van der Waals surface area (Å²) in [5.41, 5.74) is 1.25. The lowest BCUT2D eigenvalue weighted by atomic mass is 9.82. The van der Waals surface area contributed by atoms with E-state index in [1.807, 2.05) is 38.1 Å². The molecule has 0 unspecified atom stereocenters. The SMILES string of the molecule is CN1CCN(CC(=O)c2cccc(N3CC(C)(C)C3=O)c2)CC1. The molecule has 1 aromatic carbocycles. The van der Waals surface area contributed by atoms with Gasteiger partial charge in [0.1, 0.15) is 0 Å². The van der Waals surface area contributed by atoms with E-state index < -0.39 is 0 Å². The smallest absolute Gasteiger partial charge is 0.234 e. The van der Waals surface area contributed by atoms with Crippen LogP contribution in [-0.2, 0) is 4.79 Å². The molecule has 5 heteroatoms. The van der Waals surface area contributed by atoms with E-state index in [9.17, 15) is 9.59 Å². The van der Waals surface area contributed by atoms with Crippen molar-refractivity contribution in [3.63, 3.8) is 0 Å². The zero-order valence-electron chi connectivity index (χ0n) is 14.2. The lowest BCUT2D eigenvalue weighted by molar-refractivity contribution is -0.132. The fourth-order valence-electron chi connectivity index (χ4n) is 3.16.